The van der Waals surface area contributed by atoms with Gasteiger partial charge in [-0.15, -0.1) is 0 Å². The minimum atomic E-state index is 0.695. The number of piperazine rings is 1. The van der Waals surface area contributed by atoms with E-state index in [1.54, 1.807) is 0 Å². The number of hydrogen-bond donors (Lipinski definition) is 0. The number of hydrogen-bond acceptors (Lipinski definition) is 3. The molecule has 0 saturated carbocycles. The molecule has 0 bridgehead atoms. The van der Waals surface area contributed by atoms with Gasteiger partial charge in [0.05, 0.1) is 0 Å². The number of rotatable bonds is 3. The third-order valence-electron chi connectivity index (χ3n) is 4.95. The number of halogens is 1. The van der Waals surface area contributed by atoms with Crippen molar-refractivity contribution in [2.75, 3.05) is 31.1 Å². The van der Waals surface area contributed by atoms with Crippen LogP contribution in [0.1, 0.15) is 11.3 Å². The fraction of sp³-hybridized carbons (Fsp3) is 0.227. The van der Waals surface area contributed by atoms with Crippen LogP contribution in [0.3, 0.4) is 0 Å². The van der Waals surface area contributed by atoms with E-state index in [1.165, 1.54) is 11.3 Å². The van der Waals surface area contributed by atoms with Gasteiger partial charge in [0, 0.05) is 42.5 Å². The summed E-state index contributed by atoms with van der Waals surface area (Å²) in [5.74, 6) is 1.53. The van der Waals surface area contributed by atoms with Gasteiger partial charge < -0.3 is 14.2 Å². The molecule has 3 aromatic rings. The molecule has 1 fully saturated rings. The maximum Gasteiger partial charge on any atom is 0.162 e. The number of thiocarbonyl (C=S) groups is 1. The van der Waals surface area contributed by atoms with Gasteiger partial charge in [-0.05, 0) is 42.8 Å². The Kier molecular flexibility index (Phi) is 5.19. The van der Waals surface area contributed by atoms with Crippen molar-refractivity contribution in [1.82, 2.24) is 4.90 Å². The summed E-state index contributed by atoms with van der Waals surface area (Å²) in [5.41, 5.74) is 3.58. The maximum absolute atomic E-state index is 6.08. The molecule has 138 valence electrons. The summed E-state index contributed by atoms with van der Waals surface area (Å²) < 4.78 is 6.02. The Hall–Kier alpha value is -2.30. The van der Waals surface area contributed by atoms with Crippen molar-refractivity contribution in [3.8, 4) is 11.3 Å². The highest BCUT2D eigenvalue weighted by atomic mass is 35.5. The van der Waals surface area contributed by atoms with Crippen LogP contribution < -0.4 is 4.90 Å². The highest BCUT2D eigenvalue weighted by Gasteiger charge is 2.22. The number of aryl methyl sites for hydroxylation is 1. The zero-order valence-electron chi connectivity index (χ0n) is 15.2. The van der Waals surface area contributed by atoms with Crippen LogP contribution in [-0.2, 0) is 0 Å². The molecular weight excluding hydrogens is 376 g/mol. The Morgan fingerprint density at radius 2 is 1.74 bits per heavy atom. The topological polar surface area (TPSA) is 19.6 Å². The molecule has 0 amide bonds. The predicted octanol–water partition coefficient (Wildman–Crippen LogP) is 5.41. The lowest BCUT2D eigenvalue weighted by Gasteiger charge is -2.37. The van der Waals surface area contributed by atoms with Crippen LogP contribution in [0.25, 0.3) is 11.3 Å². The molecule has 3 nitrogen and oxygen atoms in total. The van der Waals surface area contributed by atoms with Gasteiger partial charge in [-0.2, -0.15) is 0 Å². The van der Waals surface area contributed by atoms with Crippen LogP contribution in [-0.4, -0.2) is 36.1 Å². The smallest absolute Gasteiger partial charge is 0.162 e. The standard InChI is InChI=1S/C22H21ClN2OS/c1-16-5-2-3-8-19(16)24-11-13-25(14-12-24)22(27)21-10-9-20(26-21)17-6-4-7-18(23)15-17/h2-10,15H,11-14H2,1H3. The van der Waals surface area contributed by atoms with E-state index in [0.717, 1.165) is 48.3 Å². The Morgan fingerprint density at radius 3 is 2.48 bits per heavy atom. The normalized spacial score (nSPS) is 14.4. The molecule has 0 radical (unpaired) electrons. The molecule has 0 spiro atoms. The van der Waals surface area contributed by atoms with E-state index in [-0.39, 0.29) is 0 Å². The van der Waals surface area contributed by atoms with Gasteiger partial charge in [0.1, 0.15) is 10.7 Å². The van der Waals surface area contributed by atoms with Crippen molar-refractivity contribution >= 4 is 34.5 Å². The van der Waals surface area contributed by atoms with E-state index < -0.39 is 0 Å². The van der Waals surface area contributed by atoms with Crippen LogP contribution in [0.4, 0.5) is 5.69 Å². The van der Waals surface area contributed by atoms with Crippen LogP contribution in [0.2, 0.25) is 5.02 Å². The quantitative estimate of drug-likeness (QED) is 0.551. The van der Waals surface area contributed by atoms with E-state index in [2.05, 4.69) is 41.0 Å². The van der Waals surface area contributed by atoms with Crippen molar-refractivity contribution in [1.29, 1.82) is 0 Å². The molecule has 1 aromatic heterocycles. The predicted molar refractivity (Wildman–Crippen MR) is 116 cm³/mol. The first-order valence-corrected chi connectivity index (χ1v) is 9.86. The number of para-hydroxylation sites is 1. The molecule has 0 aliphatic carbocycles. The van der Waals surface area contributed by atoms with E-state index in [1.807, 2.05) is 36.4 Å². The van der Waals surface area contributed by atoms with Gasteiger partial charge in [0.2, 0.25) is 0 Å². The molecule has 4 rings (SSSR count). The zero-order valence-corrected chi connectivity index (χ0v) is 16.8. The van der Waals surface area contributed by atoms with Gasteiger partial charge in [0.15, 0.2) is 5.76 Å². The van der Waals surface area contributed by atoms with Crippen molar-refractivity contribution < 1.29 is 4.42 Å². The first-order chi connectivity index (χ1) is 13.1. The summed E-state index contributed by atoms with van der Waals surface area (Å²) in [6.07, 6.45) is 0. The maximum atomic E-state index is 6.08. The fourth-order valence-electron chi connectivity index (χ4n) is 3.47. The highest BCUT2D eigenvalue weighted by Crippen LogP contribution is 2.26. The Balaban J connectivity index is 1.43. The number of nitrogens with zero attached hydrogens (tertiary/aromatic N) is 2. The van der Waals surface area contributed by atoms with Crippen LogP contribution in [0.15, 0.2) is 65.1 Å². The molecule has 27 heavy (non-hydrogen) atoms. The van der Waals surface area contributed by atoms with Gasteiger partial charge in [0.25, 0.3) is 0 Å². The summed E-state index contributed by atoms with van der Waals surface area (Å²) in [6.45, 7) is 5.84. The van der Waals surface area contributed by atoms with Gasteiger partial charge >= 0.3 is 0 Å². The lowest BCUT2D eigenvalue weighted by molar-refractivity contribution is 0.385. The van der Waals surface area contributed by atoms with E-state index in [0.29, 0.717) is 5.02 Å². The average molecular weight is 397 g/mol. The second kappa shape index (κ2) is 7.75. The second-order valence-corrected chi connectivity index (χ2v) is 7.56. The lowest BCUT2D eigenvalue weighted by Crippen LogP contribution is -2.48. The summed E-state index contributed by atoms with van der Waals surface area (Å²) in [5, 5.41) is 0.695. The van der Waals surface area contributed by atoms with Crippen LogP contribution >= 0.6 is 23.8 Å². The molecule has 5 heteroatoms. The van der Waals surface area contributed by atoms with Crippen molar-refractivity contribution in [3.63, 3.8) is 0 Å². The van der Waals surface area contributed by atoms with Crippen LogP contribution in [0, 0.1) is 6.92 Å². The third kappa shape index (κ3) is 3.87. The Labute approximate surface area is 170 Å². The van der Waals surface area contributed by atoms with Crippen molar-refractivity contribution in [3.05, 3.63) is 77.0 Å². The summed E-state index contributed by atoms with van der Waals surface area (Å²) in [7, 11) is 0. The molecular formula is C22H21ClN2OS. The molecule has 1 saturated heterocycles. The monoisotopic (exact) mass is 396 g/mol. The minimum absolute atomic E-state index is 0.695. The second-order valence-electron chi connectivity index (χ2n) is 6.74. The van der Waals surface area contributed by atoms with Gasteiger partial charge in [-0.3, -0.25) is 0 Å². The fourth-order valence-corrected chi connectivity index (χ4v) is 3.96. The zero-order chi connectivity index (χ0) is 18.8. The minimum Gasteiger partial charge on any atom is -0.454 e. The first kappa shape index (κ1) is 18.1. The molecule has 1 aliphatic heterocycles. The largest absolute Gasteiger partial charge is 0.454 e. The molecule has 2 aromatic carbocycles. The van der Waals surface area contributed by atoms with Crippen LogP contribution in [0.5, 0.6) is 0 Å². The van der Waals surface area contributed by atoms with E-state index >= 15 is 0 Å². The first-order valence-electron chi connectivity index (χ1n) is 9.07. The third-order valence-corrected chi connectivity index (χ3v) is 5.64. The Morgan fingerprint density at radius 1 is 0.963 bits per heavy atom. The summed E-state index contributed by atoms with van der Waals surface area (Å²) >= 11 is 11.8. The molecule has 1 aliphatic rings. The van der Waals surface area contributed by atoms with Gasteiger partial charge in [-0.1, -0.05) is 54.2 Å². The molecule has 2 heterocycles. The number of furan rings is 1. The number of anilines is 1. The van der Waals surface area contributed by atoms with Crippen molar-refractivity contribution in [2.24, 2.45) is 0 Å². The average Bonchev–Trinajstić information content (AvgIpc) is 3.18. The Bertz CT molecular complexity index is 960. The van der Waals surface area contributed by atoms with E-state index in [4.69, 9.17) is 28.2 Å². The lowest BCUT2D eigenvalue weighted by atomic mass is 10.1. The summed E-state index contributed by atoms with van der Waals surface area (Å²) in [6, 6.07) is 20.1. The highest BCUT2D eigenvalue weighted by molar-refractivity contribution is 7.80. The van der Waals surface area contributed by atoms with Gasteiger partial charge in [-0.25, -0.2) is 0 Å². The van der Waals surface area contributed by atoms with E-state index in [9.17, 15) is 0 Å². The molecule has 0 N–H and O–H groups in total. The molecule has 0 atom stereocenters. The molecule has 0 unspecified atom stereocenters. The SMILES string of the molecule is Cc1ccccc1N1CCN(C(=S)c2ccc(-c3cccc(Cl)c3)o2)CC1. The summed E-state index contributed by atoms with van der Waals surface area (Å²) in [4.78, 5) is 5.42. The van der Waals surface area contributed by atoms with Crippen molar-refractivity contribution in [2.45, 2.75) is 6.92 Å². The number of benzene rings is 2.